The van der Waals surface area contributed by atoms with E-state index in [0.717, 1.165) is 28.0 Å². The van der Waals surface area contributed by atoms with Crippen LogP contribution in [0.25, 0.3) is 22.6 Å². The van der Waals surface area contributed by atoms with Crippen LogP contribution < -0.4 is 5.32 Å². The van der Waals surface area contributed by atoms with Gasteiger partial charge >= 0.3 is 0 Å². The zero-order chi connectivity index (χ0) is 17.6. The molecule has 126 valence electrons. The average Bonchev–Trinajstić information content (AvgIpc) is 3.28. The van der Waals surface area contributed by atoms with Gasteiger partial charge in [-0.3, -0.25) is 10.1 Å². The molecule has 0 spiro atoms. The number of fused-ring (bicyclic) bond motifs is 1. The SMILES string of the molecule is Cc1ccc2oc(C(=O)Nc3nc(-c4ccc(Br)o4)ns3)c(C)c2c1. The summed E-state index contributed by atoms with van der Waals surface area (Å²) in [5.41, 5.74) is 2.60. The Kier molecular flexibility index (Phi) is 3.93. The highest BCUT2D eigenvalue weighted by molar-refractivity contribution is 9.10. The minimum atomic E-state index is -0.352. The molecule has 25 heavy (non-hydrogen) atoms. The lowest BCUT2D eigenvalue weighted by atomic mass is 10.1. The van der Waals surface area contributed by atoms with Gasteiger partial charge in [0.1, 0.15) is 5.58 Å². The number of aromatic nitrogens is 2. The molecule has 0 saturated heterocycles. The Balaban J connectivity index is 1.60. The Labute approximate surface area is 155 Å². The molecule has 0 radical (unpaired) electrons. The van der Waals surface area contributed by atoms with Crippen LogP contribution in [0.3, 0.4) is 0 Å². The molecule has 0 saturated carbocycles. The van der Waals surface area contributed by atoms with Crippen molar-refractivity contribution in [2.24, 2.45) is 0 Å². The Hall–Kier alpha value is -2.45. The second-order valence-electron chi connectivity index (χ2n) is 5.54. The molecule has 6 nitrogen and oxygen atoms in total. The van der Waals surface area contributed by atoms with Crippen LogP contribution in [0.5, 0.6) is 0 Å². The number of aryl methyl sites for hydroxylation is 2. The van der Waals surface area contributed by atoms with Gasteiger partial charge in [-0.1, -0.05) is 11.6 Å². The van der Waals surface area contributed by atoms with Crippen LogP contribution >= 0.6 is 27.5 Å². The predicted molar refractivity (Wildman–Crippen MR) is 99.0 cm³/mol. The molecule has 1 N–H and O–H groups in total. The van der Waals surface area contributed by atoms with Crippen molar-refractivity contribution < 1.29 is 13.6 Å². The predicted octanol–water partition coefficient (Wildman–Crippen LogP) is 5.18. The number of hydrogen-bond donors (Lipinski definition) is 1. The fourth-order valence-electron chi connectivity index (χ4n) is 2.51. The molecule has 4 aromatic rings. The number of carbonyl (C=O) groups excluding carboxylic acids is 1. The third-order valence-corrected chi connectivity index (χ3v) is 4.79. The van der Waals surface area contributed by atoms with Crippen molar-refractivity contribution >= 4 is 49.5 Å². The van der Waals surface area contributed by atoms with E-state index < -0.39 is 0 Å². The van der Waals surface area contributed by atoms with Gasteiger partial charge in [-0.05, 0) is 54.0 Å². The Morgan fingerprint density at radius 2 is 2.04 bits per heavy atom. The molecule has 1 aromatic carbocycles. The average molecular weight is 418 g/mol. The summed E-state index contributed by atoms with van der Waals surface area (Å²) >= 11 is 4.32. The van der Waals surface area contributed by atoms with Crippen molar-refractivity contribution in [2.75, 3.05) is 5.32 Å². The first-order chi connectivity index (χ1) is 12.0. The third-order valence-electron chi connectivity index (χ3n) is 3.74. The number of hydrogen-bond acceptors (Lipinski definition) is 6. The summed E-state index contributed by atoms with van der Waals surface area (Å²) in [6, 6.07) is 9.33. The Morgan fingerprint density at radius 1 is 1.20 bits per heavy atom. The lowest BCUT2D eigenvalue weighted by molar-refractivity contribution is 0.0998. The van der Waals surface area contributed by atoms with Crippen molar-refractivity contribution in [3.8, 4) is 11.6 Å². The van der Waals surface area contributed by atoms with Gasteiger partial charge in [-0.25, -0.2) is 0 Å². The van der Waals surface area contributed by atoms with Crippen molar-refractivity contribution in [1.29, 1.82) is 0 Å². The van der Waals surface area contributed by atoms with Crippen LogP contribution in [0.2, 0.25) is 0 Å². The standard InChI is InChI=1S/C17H12BrN3O3S/c1-8-3-4-11-10(7-8)9(2)14(24-11)16(22)20-17-19-15(21-25-17)12-5-6-13(18)23-12/h3-7H,1-2H3,(H,19,20,21,22). The van der Waals surface area contributed by atoms with E-state index in [1.54, 1.807) is 12.1 Å². The maximum Gasteiger partial charge on any atom is 0.293 e. The highest BCUT2D eigenvalue weighted by Gasteiger charge is 2.20. The first kappa shape index (κ1) is 16.0. The number of furan rings is 2. The van der Waals surface area contributed by atoms with E-state index in [-0.39, 0.29) is 11.7 Å². The number of nitrogens with one attached hydrogen (secondary N) is 1. The normalized spacial score (nSPS) is 11.2. The van der Waals surface area contributed by atoms with Crippen LogP contribution in [-0.4, -0.2) is 15.3 Å². The fourth-order valence-corrected chi connectivity index (χ4v) is 3.39. The van der Waals surface area contributed by atoms with Gasteiger partial charge in [0.15, 0.2) is 16.2 Å². The van der Waals surface area contributed by atoms with Gasteiger partial charge in [0, 0.05) is 22.5 Å². The van der Waals surface area contributed by atoms with Gasteiger partial charge in [-0.15, -0.1) is 0 Å². The number of halogens is 1. The molecule has 0 atom stereocenters. The summed E-state index contributed by atoms with van der Waals surface area (Å²) in [6.07, 6.45) is 0. The zero-order valence-corrected chi connectivity index (χ0v) is 15.7. The van der Waals surface area contributed by atoms with Gasteiger partial charge < -0.3 is 8.83 Å². The lowest BCUT2D eigenvalue weighted by Crippen LogP contribution is -2.11. The van der Waals surface area contributed by atoms with Crippen LogP contribution in [0, 0.1) is 13.8 Å². The molecular formula is C17H12BrN3O3S. The van der Waals surface area contributed by atoms with E-state index in [1.807, 2.05) is 32.0 Å². The van der Waals surface area contributed by atoms with E-state index in [2.05, 4.69) is 30.6 Å². The molecule has 0 aliphatic carbocycles. The number of nitrogens with zero attached hydrogens (tertiary/aromatic N) is 2. The summed E-state index contributed by atoms with van der Waals surface area (Å²) < 4.78 is 15.9. The topological polar surface area (TPSA) is 81.2 Å². The summed E-state index contributed by atoms with van der Waals surface area (Å²) in [4.78, 5) is 16.8. The maximum atomic E-state index is 12.5. The number of amides is 1. The van der Waals surface area contributed by atoms with Gasteiger partial charge in [0.2, 0.25) is 11.0 Å². The van der Waals surface area contributed by atoms with E-state index in [9.17, 15) is 4.79 Å². The molecule has 3 aromatic heterocycles. The lowest BCUT2D eigenvalue weighted by Gasteiger charge is -1.98. The van der Waals surface area contributed by atoms with Crippen molar-refractivity contribution in [1.82, 2.24) is 9.36 Å². The van der Waals surface area contributed by atoms with E-state index in [0.29, 0.717) is 27.0 Å². The van der Waals surface area contributed by atoms with Crippen LogP contribution in [0.4, 0.5) is 5.13 Å². The monoisotopic (exact) mass is 417 g/mol. The second kappa shape index (κ2) is 6.12. The largest absolute Gasteiger partial charge is 0.451 e. The molecule has 4 rings (SSSR count). The molecule has 1 amide bonds. The molecule has 8 heteroatoms. The highest BCUT2D eigenvalue weighted by Crippen LogP contribution is 2.28. The number of benzene rings is 1. The molecular weight excluding hydrogens is 406 g/mol. The van der Waals surface area contributed by atoms with Gasteiger partial charge in [-0.2, -0.15) is 9.36 Å². The first-order valence-corrected chi connectivity index (χ1v) is 8.98. The summed E-state index contributed by atoms with van der Waals surface area (Å²) in [5, 5.41) is 4.04. The zero-order valence-electron chi connectivity index (χ0n) is 13.3. The summed E-state index contributed by atoms with van der Waals surface area (Å²) in [6.45, 7) is 3.87. The number of rotatable bonds is 3. The van der Waals surface area contributed by atoms with Crippen LogP contribution in [-0.2, 0) is 0 Å². The van der Waals surface area contributed by atoms with Crippen molar-refractivity contribution in [3.05, 3.63) is 51.9 Å². The van der Waals surface area contributed by atoms with Gasteiger partial charge in [0.05, 0.1) is 0 Å². The van der Waals surface area contributed by atoms with Crippen LogP contribution in [0.1, 0.15) is 21.7 Å². The minimum Gasteiger partial charge on any atom is -0.451 e. The molecule has 0 fully saturated rings. The molecule has 3 heterocycles. The van der Waals surface area contributed by atoms with Crippen LogP contribution in [0.15, 0.2) is 43.8 Å². The maximum absolute atomic E-state index is 12.5. The number of anilines is 1. The van der Waals surface area contributed by atoms with E-state index >= 15 is 0 Å². The highest BCUT2D eigenvalue weighted by atomic mass is 79.9. The second-order valence-corrected chi connectivity index (χ2v) is 7.07. The van der Waals surface area contributed by atoms with E-state index in [1.165, 1.54) is 0 Å². The fraction of sp³-hybridized carbons (Fsp3) is 0.118. The number of carbonyl (C=O) groups is 1. The molecule has 0 bridgehead atoms. The van der Waals surface area contributed by atoms with E-state index in [4.69, 9.17) is 8.83 Å². The summed E-state index contributed by atoms with van der Waals surface area (Å²) in [5.74, 6) is 0.870. The van der Waals surface area contributed by atoms with Crippen molar-refractivity contribution in [3.63, 3.8) is 0 Å². The quantitative estimate of drug-likeness (QED) is 0.496. The molecule has 0 aliphatic rings. The first-order valence-electron chi connectivity index (χ1n) is 7.42. The smallest absolute Gasteiger partial charge is 0.293 e. The Bertz CT molecular complexity index is 1100. The third kappa shape index (κ3) is 2.98. The Morgan fingerprint density at radius 3 is 2.80 bits per heavy atom. The molecule has 0 aliphatic heterocycles. The van der Waals surface area contributed by atoms with Gasteiger partial charge in [0.25, 0.3) is 5.91 Å². The minimum absolute atomic E-state index is 0.276. The van der Waals surface area contributed by atoms with Crippen molar-refractivity contribution in [2.45, 2.75) is 13.8 Å². The summed E-state index contributed by atoms with van der Waals surface area (Å²) in [7, 11) is 0. The molecule has 0 unspecified atom stereocenters.